The van der Waals surface area contributed by atoms with Crippen LogP contribution in [0.25, 0.3) is 11.3 Å². The van der Waals surface area contributed by atoms with Gasteiger partial charge in [-0.05, 0) is 37.6 Å². The zero-order valence-corrected chi connectivity index (χ0v) is 22.5. The highest BCUT2D eigenvalue weighted by Crippen LogP contribution is 2.26. The number of anilines is 1. The van der Waals surface area contributed by atoms with Gasteiger partial charge in [-0.3, -0.25) is 10.2 Å². The molecule has 0 aliphatic heterocycles. The summed E-state index contributed by atoms with van der Waals surface area (Å²) in [6.07, 6.45) is 2.06. The molecule has 1 aromatic heterocycles. The van der Waals surface area contributed by atoms with Crippen LogP contribution in [-0.2, 0) is 23.7 Å². The maximum absolute atomic E-state index is 12.9. The number of aromatic nitrogens is 2. The Morgan fingerprint density at radius 1 is 1.17 bits per heavy atom. The van der Waals surface area contributed by atoms with Crippen LogP contribution >= 0.6 is 0 Å². The molecule has 2 aromatic carbocycles. The molecular formula is C28H39N5O3. The van der Waals surface area contributed by atoms with Gasteiger partial charge in [-0.2, -0.15) is 0 Å². The molecule has 3 aromatic rings. The van der Waals surface area contributed by atoms with Gasteiger partial charge in [0, 0.05) is 50.0 Å². The number of nitrogen functional groups attached to an aromatic ring is 1. The van der Waals surface area contributed by atoms with Crippen molar-refractivity contribution in [2.75, 3.05) is 26.0 Å². The quantitative estimate of drug-likeness (QED) is 0.318. The molecule has 0 radical (unpaired) electrons. The van der Waals surface area contributed by atoms with Gasteiger partial charge in [-0.15, -0.1) is 0 Å². The molecule has 0 saturated carbocycles. The SMILES string of the molecule is COCCN(Cc1ccc(-c2cn(C)c(C(C)(C)C)n2)cc1)NC(=O)c1ccc(OC(C)C)c(N)c1. The molecule has 36 heavy (non-hydrogen) atoms. The van der Waals surface area contributed by atoms with Crippen LogP contribution in [0.4, 0.5) is 5.69 Å². The van der Waals surface area contributed by atoms with E-state index in [-0.39, 0.29) is 17.4 Å². The Morgan fingerprint density at radius 3 is 2.42 bits per heavy atom. The second kappa shape index (κ2) is 11.6. The van der Waals surface area contributed by atoms with E-state index in [1.54, 1.807) is 25.3 Å². The molecule has 194 valence electrons. The van der Waals surface area contributed by atoms with Crippen molar-refractivity contribution in [3.63, 3.8) is 0 Å². The Morgan fingerprint density at radius 2 is 1.86 bits per heavy atom. The zero-order chi connectivity index (χ0) is 26.5. The first-order valence-electron chi connectivity index (χ1n) is 12.2. The van der Waals surface area contributed by atoms with E-state index in [1.165, 1.54) is 0 Å². The number of ether oxygens (including phenoxy) is 2. The van der Waals surface area contributed by atoms with Crippen molar-refractivity contribution in [1.29, 1.82) is 0 Å². The number of rotatable bonds is 10. The fraction of sp³-hybridized carbons (Fsp3) is 0.429. The minimum Gasteiger partial charge on any atom is -0.489 e. The molecule has 3 N–H and O–H groups in total. The van der Waals surface area contributed by atoms with Gasteiger partial charge in [0.25, 0.3) is 5.91 Å². The Kier molecular flexibility index (Phi) is 8.76. The van der Waals surface area contributed by atoms with Gasteiger partial charge in [0.15, 0.2) is 0 Å². The molecule has 0 unspecified atom stereocenters. The van der Waals surface area contributed by atoms with Crippen molar-refractivity contribution >= 4 is 11.6 Å². The van der Waals surface area contributed by atoms with Gasteiger partial charge >= 0.3 is 0 Å². The second-order valence-corrected chi connectivity index (χ2v) is 10.3. The molecule has 1 heterocycles. The number of hydrazine groups is 1. The third kappa shape index (κ3) is 7.08. The number of amides is 1. The van der Waals surface area contributed by atoms with E-state index < -0.39 is 0 Å². The normalized spacial score (nSPS) is 11.8. The van der Waals surface area contributed by atoms with Gasteiger partial charge in [0.1, 0.15) is 11.6 Å². The molecule has 3 rings (SSSR count). The molecule has 0 bridgehead atoms. The van der Waals surface area contributed by atoms with Crippen LogP contribution in [0.15, 0.2) is 48.7 Å². The van der Waals surface area contributed by atoms with Crippen LogP contribution in [0.3, 0.4) is 0 Å². The fourth-order valence-corrected chi connectivity index (χ4v) is 3.94. The lowest BCUT2D eigenvalue weighted by Gasteiger charge is -2.23. The topological polar surface area (TPSA) is 94.6 Å². The van der Waals surface area contributed by atoms with Crippen molar-refractivity contribution in [1.82, 2.24) is 20.0 Å². The van der Waals surface area contributed by atoms with Crippen LogP contribution in [0.5, 0.6) is 5.75 Å². The highest BCUT2D eigenvalue weighted by atomic mass is 16.5. The van der Waals surface area contributed by atoms with Gasteiger partial charge in [0.05, 0.1) is 24.1 Å². The Balaban J connectivity index is 1.71. The molecule has 0 atom stereocenters. The summed E-state index contributed by atoms with van der Waals surface area (Å²) in [5.41, 5.74) is 13.0. The lowest BCUT2D eigenvalue weighted by atomic mass is 9.96. The lowest BCUT2D eigenvalue weighted by molar-refractivity contribution is 0.0691. The summed E-state index contributed by atoms with van der Waals surface area (Å²) in [7, 11) is 3.67. The Hall–Kier alpha value is -3.36. The number of nitrogens with one attached hydrogen (secondary N) is 1. The van der Waals surface area contributed by atoms with Gasteiger partial charge in [0.2, 0.25) is 0 Å². The summed E-state index contributed by atoms with van der Waals surface area (Å²) < 4.78 is 13.0. The third-order valence-electron chi connectivity index (χ3n) is 5.63. The maximum atomic E-state index is 12.9. The van der Waals surface area contributed by atoms with E-state index in [0.29, 0.717) is 36.7 Å². The monoisotopic (exact) mass is 493 g/mol. The lowest BCUT2D eigenvalue weighted by Crippen LogP contribution is -2.43. The first-order chi connectivity index (χ1) is 17.0. The minimum absolute atomic E-state index is 0.00103. The average molecular weight is 494 g/mol. The standard InChI is InChI=1S/C28H39N5O3/c1-19(2)36-25-13-12-22(16-23(25)29)26(34)31-33(14-15-35-7)17-20-8-10-21(11-9-20)24-18-32(6)27(30-24)28(3,4)5/h8-13,16,18-19H,14-15,17,29H2,1-7H3,(H,31,34). The molecule has 1 amide bonds. The van der Waals surface area contributed by atoms with Crippen LogP contribution in [0.1, 0.15) is 56.4 Å². The number of hydrogen-bond acceptors (Lipinski definition) is 6. The van der Waals surface area contributed by atoms with E-state index in [9.17, 15) is 4.79 Å². The van der Waals surface area contributed by atoms with Crippen LogP contribution < -0.4 is 15.9 Å². The van der Waals surface area contributed by atoms with Crippen molar-refractivity contribution < 1.29 is 14.3 Å². The number of methoxy groups -OCH3 is 1. The van der Waals surface area contributed by atoms with E-state index in [4.69, 9.17) is 20.2 Å². The smallest absolute Gasteiger partial charge is 0.265 e. The molecule has 0 aliphatic carbocycles. The number of benzene rings is 2. The second-order valence-electron chi connectivity index (χ2n) is 10.3. The predicted molar refractivity (Wildman–Crippen MR) is 144 cm³/mol. The summed E-state index contributed by atoms with van der Waals surface area (Å²) >= 11 is 0. The van der Waals surface area contributed by atoms with Crippen LogP contribution in [0, 0.1) is 0 Å². The Bertz CT molecular complexity index is 1160. The predicted octanol–water partition coefficient (Wildman–Crippen LogP) is 4.55. The number of nitrogens with two attached hydrogens (primary N) is 1. The summed E-state index contributed by atoms with van der Waals surface area (Å²) in [6, 6.07) is 13.3. The van der Waals surface area contributed by atoms with E-state index >= 15 is 0 Å². The zero-order valence-electron chi connectivity index (χ0n) is 22.5. The van der Waals surface area contributed by atoms with Gasteiger partial charge in [-0.1, -0.05) is 45.0 Å². The minimum atomic E-state index is -0.242. The van der Waals surface area contributed by atoms with Crippen molar-refractivity contribution in [2.24, 2.45) is 7.05 Å². The number of imidazole rings is 1. The largest absolute Gasteiger partial charge is 0.489 e. The van der Waals surface area contributed by atoms with Crippen molar-refractivity contribution in [3.05, 3.63) is 65.6 Å². The first kappa shape index (κ1) is 27.2. The van der Waals surface area contributed by atoms with Gasteiger partial charge in [-0.25, -0.2) is 9.99 Å². The molecular weight excluding hydrogens is 454 g/mol. The van der Waals surface area contributed by atoms with Crippen LogP contribution in [-0.4, -0.2) is 46.8 Å². The molecule has 8 heteroatoms. The number of hydrogen-bond donors (Lipinski definition) is 2. The molecule has 0 aliphatic rings. The third-order valence-corrected chi connectivity index (χ3v) is 5.63. The molecule has 0 fully saturated rings. The van der Waals surface area contributed by atoms with Crippen LogP contribution in [0.2, 0.25) is 0 Å². The first-order valence-corrected chi connectivity index (χ1v) is 12.2. The summed E-state index contributed by atoms with van der Waals surface area (Å²) in [5, 5.41) is 1.84. The highest BCUT2D eigenvalue weighted by molar-refractivity contribution is 5.95. The number of carbonyl (C=O) groups excluding carboxylic acids is 1. The maximum Gasteiger partial charge on any atom is 0.265 e. The summed E-state index contributed by atoms with van der Waals surface area (Å²) in [4.78, 5) is 17.8. The number of carbonyl (C=O) groups is 1. The number of nitrogens with zero attached hydrogens (tertiary/aromatic N) is 3. The average Bonchev–Trinajstić information content (AvgIpc) is 3.21. The van der Waals surface area contributed by atoms with Crippen molar-refractivity contribution in [2.45, 2.75) is 52.7 Å². The van der Waals surface area contributed by atoms with E-state index in [1.807, 2.05) is 25.9 Å². The van der Waals surface area contributed by atoms with E-state index in [2.05, 4.69) is 61.2 Å². The molecule has 0 spiro atoms. The fourth-order valence-electron chi connectivity index (χ4n) is 3.94. The number of aryl methyl sites for hydroxylation is 1. The van der Waals surface area contributed by atoms with Crippen molar-refractivity contribution in [3.8, 4) is 17.0 Å². The highest BCUT2D eigenvalue weighted by Gasteiger charge is 2.21. The summed E-state index contributed by atoms with van der Waals surface area (Å²) in [6.45, 7) is 11.9. The Labute approximate surface area is 214 Å². The summed E-state index contributed by atoms with van der Waals surface area (Å²) in [5.74, 6) is 1.37. The van der Waals surface area contributed by atoms with E-state index in [0.717, 1.165) is 22.6 Å². The molecule has 0 saturated heterocycles. The molecule has 8 nitrogen and oxygen atoms in total. The van der Waals surface area contributed by atoms with Gasteiger partial charge < -0.3 is 19.8 Å².